The van der Waals surface area contributed by atoms with Gasteiger partial charge in [-0.3, -0.25) is 29.0 Å². The highest BCUT2D eigenvalue weighted by atomic mass is 16.2. The number of piperazine rings is 1. The Morgan fingerprint density at radius 1 is 1.02 bits per heavy atom. The first kappa shape index (κ1) is 30.5. The first-order chi connectivity index (χ1) is 19.2. The molecule has 2 fully saturated rings. The Kier molecular flexibility index (Phi) is 11.9. The first-order valence-electron chi connectivity index (χ1n) is 13.7. The molecule has 7 N–H and O–H groups in total. The number of benzene rings is 1. The van der Waals surface area contributed by atoms with E-state index in [0.29, 0.717) is 25.3 Å². The lowest BCUT2D eigenvalue weighted by Crippen LogP contribution is -2.58. The molecule has 0 saturated carbocycles. The van der Waals surface area contributed by atoms with Crippen LogP contribution in [0.5, 0.6) is 0 Å². The van der Waals surface area contributed by atoms with Gasteiger partial charge in [0.05, 0.1) is 12.6 Å². The summed E-state index contributed by atoms with van der Waals surface area (Å²) in [4.78, 5) is 70.4. The second-order valence-electron chi connectivity index (χ2n) is 10.1. The predicted molar refractivity (Wildman–Crippen MR) is 149 cm³/mol. The SMILES string of the molecule is NC(N)=NCCCC(NC(=O)CN1CC(=O)N(CC2CCNCC2)CC1=O)C(=O)C(=O)NCCc1ccccc1. The Morgan fingerprint density at radius 3 is 2.40 bits per heavy atom. The zero-order valence-electron chi connectivity index (χ0n) is 22.8. The largest absolute Gasteiger partial charge is 0.370 e. The summed E-state index contributed by atoms with van der Waals surface area (Å²) in [6.07, 6.45) is 2.88. The summed E-state index contributed by atoms with van der Waals surface area (Å²) >= 11 is 0. The van der Waals surface area contributed by atoms with E-state index in [4.69, 9.17) is 11.5 Å². The van der Waals surface area contributed by atoms with E-state index in [2.05, 4.69) is 20.9 Å². The smallest absolute Gasteiger partial charge is 0.289 e. The number of nitrogens with two attached hydrogens (primary N) is 2. The van der Waals surface area contributed by atoms with E-state index in [1.54, 1.807) is 4.90 Å². The van der Waals surface area contributed by atoms with Gasteiger partial charge in [-0.25, -0.2) is 0 Å². The second-order valence-corrected chi connectivity index (χ2v) is 10.1. The molecule has 4 amide bonds. The molecule has 0 radical (unpaired) electrons. The normalized spacial score (nSPS) is 16.8. The van der Waals surface area contributed by atoms with Gasteiger partial charge < -0.3 is 37.2 Å². The van der Waals surface area contributed by atoms with E-state index in [9.17, 15) is 24.0 Å². The number of Topliss-reactive ketones (excluding diaryl/α,β-unsaturated/α-hetero) is 1. The molecule has 2 aliphatic rings. The molecule has 3 rings (SSSR count). The fourth-order valence-corrected chi connectivity index (χ4v) is 4.79. The average molecular weight is 557 g/mol. The van der Waals surface area contributed by atoms with E-state index in [-0.39, 0.29) is 56.9 Å². The molecule has 40 heavy (non-hydrogen) atoms. The standard InChI is InChI=1S/C27H40N8O5/c28-27(29)32-11-4-7-21(25(39)26(40)31-14-10-19-5-2-1-3-6-19)33-22(36)16-35-18-23(37)34(17-24(35)38)15-20-8-12-30-13-9-20/h1-3,5-6,20-21,30H,4,7-18H2,(H,31,40)(H,33,36)(H4,28,29,32). The Balaban J connectivity index is 1.53. The molecule has 13 heteroatoms. The molecule has 13 nitrogen and oxygen atoms in total. The maximum absolute atomic E-state index is 12.9. The third-order valence-electron chi connectivity index (χ3n) is 6.99. The highest BCUT2D eigenvalue weighted by molar-refractivity contribution is 6.38. The van der Waals surface area contributed by atoms with Gasteiger partial charge in [-0.05, 0) is 56.7 Å². The molecule has 2 heterocycles. The third kappa shape index (κ3) is 9.95. The molecule has 0 aliphatic carbocycles. The Morgan fingerprint density at radius 2 is 1.70 bits per heavy atom. The summed E-state index contributed by atoms with van der Waals surface area (Å²) in [5, 5.41) is 8.45. The monoisotopic (exact) mass is 556 g/mol. The van der Waals surface area contributed by atoms with Gasteiger partial charge in [0.1, 0.15) is 13.1 Å². The van der Waals surface area contributed by atoms with Crippen molar-refractivity contribution in [3.05, 3.63) is 35.9 Å². The van der Waals surface area contributed by atoms with Crippen molar-refractivity contribution in [2.45, 2.75) is 38.1 Å². The molecule has 1 atom stereocenters. The second kappa shape index (κ2) is 15.6. The van der Waals surface area contributed by atoms with Crippen LogP contribution >= 0.6 is 0 Å². The van der Waals surface area contributed by atoms with E-state index >= 15 is 0 Å². The van der Waals surface area contributed by atoms with Crippen LogP contribution in [0.3, 0.4) is 0 Å². The van der Waals surface area contributed by atoms with E-state index in [1.807, 2.05) is 30.3 Å². The maximum Gasteiger partial charge on any atom is 0.289 e. The number of guanidine groups is 1. The van der Waals surface area contributed by atoms with Gasteiger partial charge in [0, 0.05) is 19.6 Å². The minimum Gasteiger partial charge on any atom is -0.370 e. The quantitative estimate of drug-likeness (QED) is 0.0761. The lowest BCUT2D eigenvalue weighted by Gasteiger charge is -2.36. The van der Waals surface area contributed by atoms with E-state index < -0.39 is 23.6 Å². The number of aliphatic imine (C=N–C) groups is 1. The van der Waals surface area contributed by atoms with Crippen molar-refractivity contribution < 1.29 is 24.0 Å². The topological polar surface area (TPSA) is 192 Å². The van der Waals surface area contributed by atoms with Crippen LogP contribution in [0, 0.1) is 5.92 Å². The number of carbonyl (C=O) groups is 5. The van der Waals surface area contributed by atoms with Crippen LogP contribution in [0.1, 0.15) is 31.2 Å². The molecule has 2 aliphatic heterocycles. The van der Waals surface area contributed by atoms with Gasteiger partial charge in [0.25, 0.3) is 5.91 Å². The molecule has 0 spiro atoms. The van der Waals surface area contributed by atoms with Crippen molar-refractivity contribution in [1.82, 2.24) is 25.8 Å². The minimum atomic E-state index is -1.13. The zero-order chi connectivity index (χ0) is 28.9. The predicted octanol–water partition coefficient (Wildman–Crippen LogP) is -1.88. The molecule has 1 unspecified atom stereocenters. The summed E-state index contributed by atoms with van der Waals surface area (Å²) in [5.74, 6) is -2.57. The zero-order valence-corrected chi connectivity index (χ0v) is 22.8. The highest BCUT2D eigenvalue weighted by Crippen LogP contribution is 2.16. The lowest BCUT2D eigenvalue weighted by atomic mass is 9.97. The Bertz CT molecular complexity index is 1070. The van der Waals surface area contributed by atoms with Gasteiger partial charge in [0.15, 0.2) is 5.96 Å². The fourth-order valence-electron chi connectivity index (χ4n) is 4.79. The van der Waals surface area contributed by atoms with Crippen LogP contribution in [-0.2, 0) is 30.4 Å². The molecular weight excluding hydrogens is 516 g/mol. The van der Waals surface area contributed by atoms with Crippen molar-refractivity contribution >= 4 is 35.4 Å². The number of carbonyl (C=O) groups excluding carboxylic acids is 5. The summed E-state index contributed by atoms with van der Waals surface area (Å²) in [6.45, 7) is 2.09. The Labute approximate surface area is 234 Å². The number of hydrogen-bond donors (Lipinski definition) is 5. The van der Waals surface area contributed by atoms with E-state index in [1.165, 1.54) is 4.90 Å². The number of hydrogen-bond acceptors (Lipinski definition) is 7. The molecule has 1 aromatic rings. The van der Waals surface area contributed by atoms with Gasteiger partial charge in [-0.15, -0.1) is 0 Å². The molecule has 0 aromatic heterocycles. The van der Waals surface area contributed by atoms with Gasteiger partial charge in [-0.1, -0.05) is 30.3 Å². The number of rotatable bonds is 14. The summed E-state index contributed by atoms with van der Waals surface area (Å²) in [7, 11) is 0. The average Bonchev–Trinajstić information content (AvgIpc) is 2.93. The number of amides is 4. The lowest BCUT2D eigenvalue weighted by molar-refractivity contribution is -0.152. The van der Waals surface area contributed by atoms with Gasteiger partial charge in [-0.2, -0.15) is 0 Å². The van der Waals surface area contributed by atoms with Gasteiger partial charge >= 0.3 is 0 Å². The number of nitrogens with one attached hydrogen (secondary N) is 3. The highest BCUT2D eigenvalue weighted by Gasteiger charge is 2.33. The van der Waals surface area contributed by atoms with Crippen LogP contribution in [-0.4, -0.2) is 104 Å². The molecule has 2 saturated heterocycles. The summed E-state index contributed by atoms with van der Waals surface area (Å²) in [6, 6.07) is 8.36. The summed E-state index contributed by atoms with van der Waals surface area (Å²) in [5.41, 5.74) is 11.7. The summed E-state index contributed by atoms with van der Waals surface area (Å²) < 4.78 is 0. The van der Waals surface area contributed by atoms with Crippen molar-refractivity contribution in [2.24, 2.45) is 22.4 Å². The third-order valence-corrected chi connectivity index (χ3v) is 6.99. The molecule has 218 valence electrons. The van der Waals surface area contributed by atoms with Crippen LogP contribution < -0.4 is 27.4 Å². The van der Waals surface area contributed by atoms with Crippen molar-refractivity contribution in [3.8, 4) is 0 Å². The van der Waals surface area contributed by atoms with Gasteiger partial charge in [0.2, 0.25) is 23.5 Å². The number of ketones is 1. The number of nitrogens with zero attached hydrogens (tertiary/aromatic N) is 3. The van der Waals surface area contributed by atoms with Crippen molar-refractivity contribution in [3.63, 3.8) is 0 Å². The fraction of sp³-hybridized carbons (Fsp3) is 0.556. The maximum atomic E-state index is 12.9. The van der Waals surface area contributed by atoms with Crippen molar-refractivity contribution in [2.75, 3.05) is 52.4 Å². The van der Waals surface area contributed by atoms with Crippen LogP contribution in [0.2, 0.25) is 0 Å². The number of piperidine rings is 1. The first-order valence-corrected chi connectivity index (χ1v) is 13.7. The molecule has 0 bridgehead atoms. The van der Waals surface area contributed by atoms with Crippen LogP contribution in [0.4, 0.5) is 0 Å². The Hall–Kier alpha value is -4.00. The molecule has 1 aromatic carbocycles. The van der Waals surface area contributed by atoms with E-state index in [0.717, 1.165) is 31.5 Å². The van der Waals surface area contributed by atoms with Crippen LogP contribution in [0.25, 0.3) is 0 Å². The van der Waals surface area contributed by atoms with Crippen molar-refractivity contribution in [1.29, 1.82) is 0 Å². The molecular formula is C27H40N8O5. The minimum absolute atomic E-state index is 0.0826. The van der Waals surface area contributed by atoms with Crippen LogP contribution in [0.15, 0.2) is 35.3 Å².